The highest BCUT2D eigenvalue weighted by Crippen LogP contribution is 2.32. The van der Waals surface area contributed by atoms with Crippen molar-refractivity contribution in [2.45, 2.75) is 13.1 Å². The Balaban J connectivity index is 1.86. The summed E-state index contributed by atoms with van der Waals surface area (Å²) in [5, 5.41) is 2.61. The monoisotopic (exact) mass is 399 g/mol. The molecule has 0 unspecified atom stereocenters. The average Bonchev–Trinajstić information content (AvgIpc) is 3.19. The molecule has 2 N–H and O–H groups in total. The minimum atomic E-state index is -4.53. The molecular weight excluding hydrogens is 383 g/mol. The van der Waals surface area contributed by atoms with Crippen molar-refractivity contribution in [2.75, 3.05) is 11.9 Å². The first kappa shape index (κ1) is 20.0. The summed E-state index contributed by atoms with van der Waals surface area (Å²) in [6.07, 6.45) is -3.81. The molecule has 0 aliphatic rings. The summed E-state index contributed by atoms with van der Waals surface area (Å²) in [6.45, 7) is 2.12. The van der Waals surface area contributed by atoms with E-state index >= 15 is 0 Å². The van der Waals surface area contributed by atoms with Crippen LogP contribution in [0, 0.1) is 11.8 Å². The van der Waals surface area contributed by atoms with Crippen LogP contribution in [0.2, 0.25) is 0 Å². The fraction of sp³-hybridized carbons (Fsp3) is 0.143. The summed E-state index contributed by atoms with van der Waals surface area (Å²) < 4.78 is 43.9. The Kier molecular flexibility index (Phi) is 5.88. The number of hydrogen-bond donors (Lipinski definition) is 2. The van der Waals surface area contributed by atoms with Gasteiger partial charge in [0.05, 0.1) is 18.5 Å². The number of H-pyrrole nitrogens is 1. The fourth-order valence-corrected chi connectivity index (χ4v) is 2.47. The number of benzene rings is 2. The molecule has 5 nitrogen and oxygen atoms in total. The van der Waals surface area contributed by atoms with Crippen molar-refractivity contribution in [2.24, 2.45) is 0 Å². The highest BCUT2D eigenvalue weighted by molar-refractivity contribution is 6.05. The van der Waals surface area contributed by atoms with Gasteiger partial charge in [0.15, 0.2) is 0 Å². The SMILES string of the molecule is CCOc1ccc(-c2ncc(C(F)(F)F)[nH]2)cc1NC(=O)C#Cc1ccccc1. The zero-order chi connectivity index (χ0) is 20.9. The molecule has 2 aromatic carbocycles. The second kappa shape index (κ2) is 8.52. The molecule has 0 saturated heterocycles. The van der Waals surface area contributed by atoms with Crippen molar-refractivity contribution in [1.29, 1.82) is 0 Å². The summed E-state index contributed by atoms with van der Waals surface area (Å²) >= 11 is 0. The van der Waals surface area contributed by atoms with Gasteiger partial charge >= 0.3 is 12.1 Å². The molecule has 0 radical (unpaired) electrons. The average molecular weight is 399 g/mol. The van der Waals surface area contributed by atoms with E-state index in [-0.39, 0.29) is 11.5 Å². The standard InChI is InChI=1S/C21H16F3N3O2/c1-2-29-17-10-9-15(20-25-13-18(27-20)21(22,23)24)12-16(17)26-19(28)11-8-14-6-4-3-5-7-14/h3-7,9-10,12-13H,2H2,1H3,(H,25,27)(H,26,28). The van der Waals surface area contributed by atoms with E-state index in [1.165, 1.54) is 6.07 Å². The van der Waals surface area contributed by atoms with Gasteiger partial charge in [-0.05, 0) is 37.3 Å². The number of imidazole rings is 1. The maximum absolute atomic E-state index is 12.8. The third-order valence-electron chi connectivity index (χ3n) is 3.78. The number of anilines is 1. The van der Waals surface area contributed by atoms with Gasteiger partial charge in [-0.3, -0.25) is 4.79 Å². The smallest absolute Gasteiger partial charge is 0.432 e. The van der Waals surface area contributed by atoms with Crippen molar-refractivity contribution in [3.8, 4) is 29.0 Å². The van der Waals surface area contributed by atoms with Crippen LogP contribution in [0.1, 0.15) is 18.2 Å². The van der Waals surface area contributed by atoms with Crippen LogP contribution in [-0.4, -0.2) is 22.5 Å². The highest BCUT2D eigenvalue weighted by atomic mass is 19.4. The normalized spacial score (nSPS) is 10.8. The van der Waals surface area contributed by atoms with E-state index in [9.17, 15) is 18.0 Å². The zero-order valence-electron chi connectivity index (χ0n) is 15.3. The Morgan fingerprint density at radius 2 is 1.97 bits per heavy atom. The molecule has 0 atom stereocenters. The van der Waals surface area contributed by atoms with E-state index in [4.69, 9.17) is 4.74 Å². The van der Waals surface area contributed by atoms with Crippen molar-refractivity contribution < 1.29 is 22.7 Å². The van der Waals surface area contributed by atoms with Crippen LogP contribution >= 0.6 is 0 Å². The van der Waals surface area contributed by atoms with Gasteiger partial charge in [0.25, 0.3) is 0 Å². The third-order valence-corrected chi connectivity index (χ3v) is 3.78. The van der Waals surface area contributed by atoms with Crippen molar-refractivity contribution in [1.82, 2.24) is 9.97 Å². The summed E-state index contributed by atoms with van der Waals surface area (Å²) in [4.78, 5) is 18.2. The number of carbonyl (C=O) groups excluding carboxylic acids is 1. The fourth-order valence-electron chi connectivity index (χ4n) is 2.47. The molecule has 1 heterocycles. The molecule has 0 bridgehead atoms. The second-order valence-electron chi connectivity index (χ2n) is 5.86. The first-order valence-corrected chi connectivity index (χ1v) is 8.64. The molecule has 0 spiro atoms. The quantitative estimate of drug-likeness (QED) is 0.636. The molecule has 148 valence electrons. The van der Waals surface area contributed by atoms with Gasteiger partial charge in [-0.2, -0.15) is 13.2 Å². The van der Waals surface area contributed by atoms with Gasteiger partial charge < -0.3 is 15.0 Å². The first-order valence-electron chi connectivity index (χ1n) is 8.64. The Bertz CT molecular complexity index is 1060. The van der Waals surface area contributed by atoms with Gasteiger partial charge in [-0.1, -0.05) is 24.1 Å². The topological polar surface area (TPSA) is 67.0 Å². The lowest BCUT2D eigenvalue weighted by Gasteiger charge is -2.11. The molecule has 1 aromatic heterocycles. The largest absolute Gasteiger partial charge is 0.492 e. The van der Waals surface area contributed by atoms with Crippen LogP contribution in [0.4, 0.5) is 18.9 Å². The number of alkyl halides is 3. The van der Waals surface area contributed by atoms with E-state index in [0.29, 0.717) is 23.5 Å². The van der Waals surface area contributed by atoms with E-state index in [1.54, 1.807) is 43.3 Å². The van der Waals surface area contributed by atoms with Gasteiger partial charge in [0.2, 0.25) is 0 Å². The molecule has 0 aliphatic carbocycles. The van der Waals surface area contributed by atoms with Gasteiger partial charge in [-0.25, -0.2) is 4.98 Å². The maximum atomic E-state index is 12.8. The van der Waals surface area contributed by atoms with Crippen LogP contribution in [0.3, 0.4) is 0 Å². The summed E-state index contributed by atoms with van der Waals surface area (Å²) in [6, 6.07) is 13.6. The number of nitrogens with one attached hydrogen (secondary N) is 2. The Hall–Kier alpha value is -3.73. The number of amides is 1. The molecule has 0 aliphatic heterocycles. The van der Waals surface area contributed by atoms with Crippen LogP contribution in [0.25, 0.3) is 11.4 Å². The summed E-state index contributed by atoms with van der Waals surface area (Å²) in [5.41, 5.74) is 0.356. The van der Waals surface area contributed by atoms with Crippen molar-refractivity contribution in [3.63, 3.8) is 0 Å². The number of nitrogens with zero attached hydrogens (tertiary/aromatic N) is 1. The third kappa shape index (κ3) is 5.17. The Morgan fingerprint density at radius 3 is 2.62 bits per heavy atom. The van der Waals surface area contributed by atoms with Gasteiger partial charge in [0.1, 0.15) is 17.3 Å². The molecule has 0 fully saturated rings. The minimum Gasteiger partial charge on any atom is -0.492 e. The highest BCUT2D eigenvalue weighted by Gasteiger charge is 2.33. The lowest BCUT2D eigenvalue weighted by atomic mass is 10.1. The number of halogens is 3. The molecule has 3 rings (SSSR count). The van der Waals surface area contributed by atoms with Crippen LogP contribution in [0.5, 0.6) is 5.75 Å². The molecule has 0 saturated carbocycles. The predicted molar refractivity (Wildman–Crippen MR) is 102 cm³/mol. The molecule has 1 amide bonds. The van der Waals surface area contributed by atoms with Crippen LogP contribution in [0.15, 0.2) is 54.7 Å². The molecule has 8 heteroatoms. The lowest BCUT2D eigenvalue weighted by molar-refractivity contribution is -0.140. The van der Waals surface area contributed by atoms with E-state index in [1.807, 2.05) is 6.07 Å². The zero-order valence-corrected chi connectivity index (χ0v) is 15.3. The van der Waals surface area contributed by atoms with E-state index < -0.39 is 17.8 Å². The van der Waals surface area contributed by atoms with E-state index in [0.717, 1.165) is 6.20 Å². The van der Waals surface area contributed by atoms with Crippen LogP contribution in [-0.2, 0) is 11.0 Å². The predicted octanol–water partition coefficient (Wildman–Crippen LogP) is 4.48. The maximum Gasteiger partial charge on any atom is 0.432 e. The number of rotatable bonds is 4. The summed E-state index contributed by atoms with van der Waals surface area (Å²) in [5.74, 6) is 5.02. The second-order valence-corrected chi connectivity index (χ2v) is 5.86. The number of carbonyl (C=O) groups is 1. The van der Waals surface area contributed by atoms with Crippen molar-refractivity contribution >= 4 is 11.6 Å². The van der Waals surface area contributed by atoms with Crippen molar-refractivity contribution in [3.05, 3.63) is 66.0 Å². The molecular formula is C21H16F3N3O2. The number of aromatic nitrogens is 2. The van der Waals surface area contributed by atoms with Gasteiger partial charge in [0, 0.05) is 17.0 Å². The van der Waals surface area contributed by atoms with Crippen LogP contribution < -0.4 is 10.1 Å². The molecule has 3 aromatic rings. The van der Waals surface area contributed by atoms with Gasteiger partial charge in [-0.15, -0.1) is 0 Å². The lowest BCUT2D eigenvalue weighted by Crippen LogP contribution is -2.10. The number of ether oxygens (including phenoxy) is 1. The molecule has 29 heavy (non-hydrogen) atoms. The minimum absolute atomic E-state index is 0.0197. The number of hydrogen-bond acceptors (Lipinski definition) is 3. The summed E-state index contributed by atoms with van der Waals surface area (Å²) in [7, 11) is 0. The number of aromatic amines is 1. The van der Waals surface area contributed by atoms with E-state index in [2.05, 4.69) is 27.1 Å². The Morgan fingerprint density at radius 1 is 1.21 bits per heavy atom. The Labute approximate surface area is 164 Å². The first-order chi connectivity index (χ1) is 13.9.